The SMILES string of the molecule is COc1ccc(C(O)(C23CC4CC(CC(C4)C2)C3)C23CC4CC(CC(C4)C2)C3)cc1. The van der Waals surface area contributed by atoms with E-state index < -0.39 is 5.60 Å². The van der Waals surface area contributed by atoms with Crippen molar-refractivity contribution in [2.75, 3.05) is 7.11 Å². The molecule has 8 aliphatic carbocycles. The van der Waals surface area contributed by atoms with E-state index >= 15 is 0 Å². The normalized spacial score (nSPS) is 49.9. The molecule has 0 aliphatic heterocycles. The van der Waals surface area contributed by atoms with Crippen LogP contribution in [0.25, 0.3) is 0 Å². The van der Waals surface area contributed by atoms with Crippen molar-refractivity contribution in [3.63, 3.8) is 0 Å². The van der Waals surface area contributed by atoms with Crippen molar-refractivity contribution in [3.8, 4) is 5.75 Å². The smallest absolute Gasteiger partial charge is 0.118 e. The van der Waals surface area contributed by atoms with E-state index in [9.17, 15) is 5.11 Å². The molecule has 0 unspecified atom stereocenters. The van der Waals surface area contributed by atoms with Crippen molar-refractivity contribution in [2.24, 2.45) is 46.3 Å². The number of aliphatic hydroxyl groups is 1. The second kappa shape index (κ2) is 6.06. The van der Waals surface area contributed by atoms with E-state index in [-0.39, 0.29) is 10.8 Å². The van der Waals surface area contributed by atoms with Gasteiger partial charge in [0.2, 0.25) is 0 Å². The Kier molecular flexibility index (Phi) is 3.74. The highest BCUT2D eigenvalue weighted by Crippen LogP contribution is 2.75. The molecule has 0 spiro atoms. The monoisotopic (exact) mass is 406 g/mol. The van der Waals surface area contributed by atoms with E-state index in [2.05, 4.69) is 24.3 Å². The molecular formula is C28H38O2. The fourth-order valence-electron chi connectivity index (χ4n) is 11.1. The molecule has 1 N–H and O–H groups in total. The third kappa shape index (κ3) is 2.30. The second-order valence-corrected chi connectivity index (χ2v) is 12.8. The highest BCUT2D eigenvalue weighted by atomic mass is 16.5. The van der Waals surface area contributed by atoms with Gasteiger partial charge >= 0.3 is 0 Å². The van der Waals surface area contributed by atoms with Gasteiger partial charge in [0.05, 0.1) is 7.11 Å². The summed E-state index contributed by atoms with van der Waals surface area (Å²) >= 11 is 0. The summed E-state index contributed by atoms with van der Waals surface area (Å²) in [6.45, 7) is 0. The average molecular weight is 407 g/mol. The van der Waals surface area contributed by atoms with E-state index in [0.717, 1.165) is 41.3 Å². The van der Waals surface area contributed by atoms with E-state index in [4.69, 9.17) is 4.74 Å². The Labute approximate surface area is 181 Å². The van der Waals surface area contributed by atoms with Crippen LogP contribution in [0.5, 0.6) is 5.75 Å². The van der Waals surface area contributed by atoms with Gasteiger partial charge in [-0.15, -0.1) is 0 Å². The van der Waals surface area contributed by atoms with Gasteiger partial charge in [0, 0.05) is 10.8 Å². The van der Waals surface area contributed by atoms with Gasteiger partial charge < -0.3 is 9.84 Å². The fraction of sp³-hybridized carbons (Fsp3) is 0.786. The van der Waals surface area contributed by atoms with Crippen molar-refractivity contribution < 1.29 is 9.84 Å². The molecule has 0 radical (unpaired) electrons. The molecule has 0 aromatic heterocycles. The zero-order valence-corrected chi connectivity index (χ0v) is 18.6. The maximum absolute atomic E-state index is 13.3. The van der Waals surface area contributed by atoms with Gasteiger partial charge in [-0.2, -0.15) is 0 Å². The van der Waals surface area contributed by atoms with Crippen molar-refractivity contribution in [1.29, 1.82) is 0 Å². The van der Waals surface area contributed by atoms with Gasteiger partial charge in [0.15, 0.2) is 0 Å². The molecule has 0 atom stereocenters. The quantitative estimate of drug-likeness (QED) is 0.634. The molecule has 8 bridgehead atoms. The molecule has 8 saturated carbocycles. The lowest BCUT2D eigenvalue weighted by molar-refractivity contribution is -0.277. The minimum absolute atomic E-state index is 0.113. The van der Waals surface area contributed by atoms with Crippen LogP contribution in [0.2, 0.25) is 0 Å². The summed E-state index contributed by atoms with van der Waals surface area (Å²) in [7, 11) is 1.75. The topological polar surface area (TPSA) is 29.5 Å². The Morgan fingerprint density at radius 3 is 1.30 bits per heavy atom. The number of ether oxygens (including phenoxy) is 1. The summed E-state index contributed by atoms with van der Waals surface area (Å²) in [5, 5.41) is 13.3. The van der Waals surface area contributed by atoms with Crippen LogP contribution in [0.15, 0.2) is 24.3 Å². The van der Waals surface area contributed by atoms with Crippen LogP contribution in [0.4, 0.5) is 0 Å². The van der Waals surface area contributed by atoms with Crippen LogP contribution in [0.1, 0.15) is 82.6 Å². The van der Waals surface area contributed by atoms with Gasteiger partial charge in [-0.25, -0.2) is 0 Å². The first kappa shape index (κ1) is 18.5. The molecule has 8 aliphatic rings. The van der Waals surface area contributed by atoms with Gasteiger partial charge in [-0.05, 0) is 130 Å². The third-order valence-electron chi connectivity index (χ3n) is 11.1. The molecule has 0 heterocycles. The zero-order chi connectivity index (χ0) is 20.1. The predicted molar refractivity (Wildman–Crippen MR) is 118 cm³/mol. The second-order valence-electron chi connectivity index (χ2n) is 12.8. The Bertz CT molecular complexity index is 722. The molecule has 0 amide bonds. The fourth-order valence-corrected chi connectivity index (χ4v) is 11.1. The molecule has 162 valence electrons. The summed E-state index contributed by atoms with van der Waals surface area (Å²) < 4.78 is 5.50. The average Bonchev–Trinajstić information content (AvgIpc) is 2.71. The maximum atomic E-state index is 13.3. The number of methoxy groups -OCH3 is 1. The van der Waals surface area contributed by atoms with Gasteiger partial charge in [-0.1, -0.05) is 12.1 Å². The van der Waals surface area contributed by atoms with Crippen LogP contribution in [-0.2, 0) is 5.60 Å². The minimum atomic E-state index is -0.654. The molecule has 1 aromatic rings. The van der Waals surface area contributed by atoms with Gasteiger partial charge in [0.25, 0.3) is 0 Å². The van der Waals surface area contributed by atoms with Crippen LogP contribution >= 0.6 is 0 Å². The minimum Gasteiger partial charge on any atom is -0.497 e. The van der Waals surface area contributed by atoms with Crippen molar-refractivity contribution >= 4 is 0 Å². The summed E-state index contributed by atoms with van der Waals surface area (Å²) in [5.74, 6) is 6.14. The molecule has 9 rings (SSSR count). The lowest BCUT2D eigenvalue weighted by Gasteiger charge is -2.71. The standard InChI is InChI=1S/C28H38O2/c1-30-25-4-2-24(3-5-25)28(29,26-12-18-6-19(13-26)8-20(7-18)14-26)27-15-21-9-22(16-27)11-23(10-21)17-27/h2-5,18-23,29H,6-17H2,1H3. The lowest BCUT2D eigenvalue weighted by Crippen LogP contribution is -2.66. The lowest BCUT2D eigenvalue weighted by atomic mass is 9.35. The third-order valence-corrected chi connectivity index (χ3v) is 11.1. The molecule has 30 heavy (non-hydrogen) atoms. The maximum Gasteiger partial charge on any atom is 0.118 e. The van der Waals surface area contributed by atoms with E-state index in [1.54, 1.807) is 7.11 Å². The van der Waals surface area contributed by atoms with Gasteiger partial charge in [0.1, 0.15) is 11.4 Å². The Morgan fingerprint density at radius 1 is 0.667 bits per heavy atom. The van der Waals surface area contributed by atoms with Crippen LogP contribution in [-0.4, -0.2) is 12.2 Å². The van der Waals surface area contributed by atoms with E-state index in [1.807, 2.05) is 0 Å². The summed E-state index contributed by atoms with van der Waals surface area (Å²) in [6, 6.07) is 8.72. The summed E-state index contributed by atoms with van der Waals surface area (Å²) in [4.78, 5) is 0. The van der Waals surface area contributed by atoms with Crippen LogP contribution < -0.4 is 4.74 Å². The molecule has 8 fully saturated rings. The van der Waals surface area contributed by atoms with E-state index in [1.165, 1.54) is 82.6 Å². The first-order chi connectivity index (χ1) is 14.5. The molecule has 2 heteroatoms. The number of rotatable bonds is 4. The summed E-state index contributed by atoms with van der Waals surface area (Å²) in [5.41, 5.74) is 0.801. The molecule has 2 nitrogen and oxygen atoms in total. The predicted octanol–water partition coefficient (Wildman–Crippen LogP) is 6.32. The molecule has 0 saturated heterocycles. The van der Waals surface area contributed by atoms with Crippen LogP contribution in [0.3, 0.4) is 0 Å². The molecular weight excluding hydrogens is 368 g/mol. The van der Waals surface area contributed by atoms with Crippen LogP contribution in [0, 0.1) is 46.3 Å². The summed E-state index contributed by atoms with van der Waals surface area (Å²) in [6.07, 6.45) is 16.3. The number of hydrogen-bond acceptors (Lipinski definition) is 2. The first-order valence-corrected chi connectivity index (χ1v) is 12.9. The highest BCUT2D eigenvalue weighted by Gasteiger charge is 2.70. The van der Waals surface area contributed by atoms with Gasteiger partial charge in [-0.3, -0.25) is 0 Å². The Hall–Kier alpha value is -1.02. The Balaban J connectivity index is 1.40. The van der Waals surface area contributed by atoms with Crippen molar-refractivity contribution in [1.82, 2.24) is 0 Å². The van der Waals surface area contributed by atoms with Crippen molar-refractivity contribution in [2.45, 2.75) is 82.7 Å². The first-order valence-electron chi connectivity index (χ1n) is 12.9. The number of benzene rings is 1. The van der Waals surface area contributed by atoms with E-state index in [0.29, 0.717) is 0 Å². The zero-order valence-electron chi connectivity index (χ0n) is 18.6. The molecule has 1 aromatic carbocycles. The highest BCUT2D eigenvalue weighted by molar-refractivity contribution is 5.37. The largest absolute Gasteiger partial charge is 0.497 e. The Morgan fingerprint density at radius 2 is 1.00 bits per heavy atom. The number of hydrogen-bond donors (Lipinski definition) is 1. The van der Waals surface area contributed by atoms with Crippen molar-refractivity contribution in [3.05, 3.63) is 29.8 Å².